The fourth-order valence-corrected chi connectivity index (χ4v) is 4.33. The number of hydrogen-bond donors (Lipinski definition) is 2. The van der Waals surface area contributed by atoms with Crippen molar-refractivity contribution in [2.45, 2.75) is 25.7 Å². The van der Waals surface area contributed by atoms with Gasteiger partial charge in [-0.05, 0) is 68.3 Å². The average Bonchev–Trinajstić information content (AvgIpc) is 2.64. The first-order valence-electron chi connectivity index (χ1n) is 8.93. The highest BCUT2D eigenvalue weighted by atomic mass is 32.2. The number of anilines is 2. The zero-order valence-corrected chi connectivity index (χ0v) is 17.1. The average molecular weight is 412 g/mol. The molecule has 0 unspecified atom stereocenters. The van der Waals surface area contributed by atoms with Gasteiger partial charge in [0.2, 0.25) is 0 Å². The van der Waals surface area contributed by atoms with Gasteiger partial charge in [-0.3, -0.25) is 9.52 Å². The normalized spacial score (nSPS) is 11.2. The molecule has 0 saturated heterocycles. The van der Waals surface area contributed by atoms with Gasteiger partial charge in [0.05, 0.1) is 10.6 Å². The summed E-state index contributed by atoms with van der Waals surface area (Å²) < 4.78 is 41.8. The van der Waals surface area contributed by atoms with Crippen molar-refractivity contribution in [2.24, 2.45) is 0 Å². The Labute approximate surface area is 169 Å². The van der Waals surface area contributed by atoms with Crippen molar-refractivity contribution in [3.63, 3.8) is 0 Å². The quantitative estimate of drug-likeness (QED) is 0.632. The molecule has 0 aliphatic rings. The minimum Gasteiger partial charge on any atom is -0.322 e. The van der Waals surface area contributed by atoms with Crippen LogP contribution in [0, 0.1) is 26.6 Å². The van der Waals surface area contributed by atoms with Crippen molar-refractivity contribution in [1.82, 2.24) is 0 Å². The highest BCUT2D eigenvalue weighted by molar-refractivity contribution is 7.92. The van der Waals surface area contributed by atoms with Gasteiger partial charge in [0.25, 0.3) is 15.9 Å². The standard InChI is InChI=1S/C22H21FN2O3S/c1-14-7-10-20(16(3)11-14)25-29(27,28)21-12-17(9-8-15(21)2)22(26)24-19-6-4-5-18(23)13-19/h4-13,25H,1-3H3,(H,24,26). The Bertz CT molecular complexity index is 1190. The summed E-state index contributed by atoms with van der Waals surface area (Å²) in [5.74, 6) is -1.01. The molecule has 3 aromatic rings. The van der Waals surface area contributed by atoms with Crippen LogP contribution in [0.25, 0.3) is 0 Å². The second-order valence-electron chi connectivity index (χ2n) is 6.87. The molecule has 0 aliphatic carbocycles. The molecule has 0 aliphatic heterocycles. The van der Waals surface area contributed by atoms with E-state index in [4.69, 9.17) is 0 Å². The van der Waals surface area contributed by atoms with Crippen LogP contribution < -0.4 is 10.0 Å². The third kappa shape index (κ3) is 4.81. The maximum atomic E-state index is 13.3. The molecular weight excluding hydrogens is 391 g/mol. The lowest BCUT2D eigenvalue weighted by Crippen LogP contribution is -2.17. The van der Waals surface area contributed by atoms with Crippen LogP contribution in [-0.4, -0.2) is 14.3 Å². The Morgan fingerprint density at radius 3 is 2.34 bits per heavy atom. The minimum atomic E-state index is -3.90. The smallest absolute Gasteiger partial charge is 0.262 e. The van der Waals surface area contributed by atoms with Crippen LogP contribution >= 0.6 is 0 Å². The molecule has 3 rings (SSSR count). The van der Waals surface area contributed by atoms with Gasteiger partial charge in [-0.15, -0.1) is 0 Å². The molecule has 0 aromatic heterocycles. The first kappa shape index (κ1) is 20.5. The number of sulfonamides is 1. The Balaban J connectivity index is 1.90. The largest absolute Gasteiger partial charge is 0.322 e. The molecule has 0 atom stereocenters. The molecule has 0 spiro atoms. The van der Waals surface area contributed by atoms with Crippen molar-refractivity contribution < 1.29 is 17.6 Å². The van der Waals surface area contributed by atoms with Crippen molar-refractivity contribution in [3.8, 4) is 0 Å². The molecule has 3 aromatic carbocycles. The lowest BCUT2D eigenvalue weighted by molar-refractivity contribution is 0.102. The molecule has 5 nitrogen and oxygen atoms in total. The van der Waals surface area contributed by atoms with E-state index in [0.29, 0.717) is 11.3 Å². The summed E-state index contributed by atoms with van der Waals surface area (Å²) in [7, 11) is -3.90. The third-order valence-corrected chi connectivity index (χ3v) is 5.96. The number of rotatable bonds is 5. The SMILES string of the molecule is Cc1ccc(NS(=O)(=O)c2cc(C(=O)Nc3cccc(F)c3)ccc2C)c(C)c1. The lowest BCUT2D eigenvalue weighted by atomic mass is 10.1. The van der Waals surface area contributed by atoms with E-state index in [9.17, 15) is 17.6 Å². The molecular formula is C22H21FN2O3S. The van der Waals surface area contributed by atoms with Crippen molar-refractivity contribution in [1.29, 1.82) is 0 Å². The first-order valence-corrected chi connectivity index (χ1v) is 10.4. The summed E-state index contributed by atoms with van der Waals surface area (Å²) >= 11 is 0. The number of hydrogen-bond acceptors (Lipinski definition) is 3. The topological polar surface area (TPSA) is 75.3 Å². The van der Waals surface area contributed by atoms with E-state index in [2.05, 4.69) is 10.0 Å². The molecule has 2 N–H and O–H groups in total. The monoisotopic (exact) mass is 412 g/mol. The van der Waals surface area contributed by atoms with E-state index in [1.54, 1.807) is 25.1 Å². The Kier molecular flexibility index (Phi) is 5.70. The number of halogens is 1. The molecule has 0 fully saturated rings. The molecule has 0 saturated carbocycles. The number of benzene rings is 3. The lowest BCUT2D eigenvalue weighted by Gasteiger charge is -2.14. The minimum absolute atomic E-state index is 0.00404. The molecule has 0 radical (unpaired) electrons. The van der Waals surface area contributed by atoms with E-state index in [1.165, 1.54) is 30.3 Å². The van der Waals surface area contributed by atoms with Crippen LogP contribution in [0.2, 0.25) is 0 Å². The number of amides is 1. The molecule has 0 bridgehead atoms. The van der Waals surface area contributed by atoms with Gasteiger partial charge in [0.15, 0.2) is 0 Å². The maximum absolute atomic E-state index is 13.3. The van der Waals surface area contributed by atoms with Crippen LogP contribution in [-0.2, 0) is 10.0 Å². The van der Waals surface area contributed by atoms with Gasteiger partial charge in [0.1, 0.15) is 5.82 Å². The summed E-state index contributed by atoms with van der Waals surface area (Å²) in [5, 5.41) is 2.57. The van der Waals surface area contributed by atoms with Crippen LogP contribution in [0.3, 0.4) is 0 Å². The fraction of sp³-hybridized carbons (Fsp3) is 0.136. The fourth-order valence-electron chi connectivity index (χ4n) is 2.93. The molecule has 1 amide bonds. The summed E-state index contributed by atoms with van der Waals surface area (Å²) in [6.45, 7) is 5.40. The number of carbonyl (C=O) groups excluding carboxylic acids is 1. The summed E-state index contributed by atoms with van der Waals surface area (Å²) in [6.07, 6.45) is 0. The maximum Gasteiger partial charge on any atom is 0.262 e. The molecule has 29 heavy (non-hydrogen) atoms. The van der Waals surface area contributed by atoms with Crippen molar-refractivity contribution in [3.05, 3.63) is 88.7 Å². The third-order valence-electron chi connectivity index (χ3n) is 4.45. The molecule has 150 valence electrons. The summed E-state index contributed by atoms with van der Waals surface area (Å²) in [6, 6.07) is 15.3. The number of aryl methyl sites for hydroxylation is 3. The van der Waals surface area contributed by atoms with Gasteiger partial charge in [0, 0.05) is 11.3 Å². The molecule has 0 heterocycles. The van der Waals surface area contributed by atoms with Crippen LogP contribution in [0.5, 0.6) is 0 Å². The van der Waals surface area contributed by atoms with Gasteiger partial charge in [-0.1, -0.05) is 29.8 Å². The van der Waals surface area contributed by atoms with Gasteiger partial charge < -0.3 is 5.32 Å². The van der Waals surface area contributed by atoms with Crippen LogP contribution in [0.4, 0.5) is 15.8 Å². The van der Waals surface area contributed by atoms with E-state index in [0.717, 1.165) is 11.1 Å². The zero-order chi connectivity index (χ0) is 21.2. The van der Waals surface area contributed by atoms with E-state index >= 15 is 0 Å². The van der Waals surface area contributed by atoms with E-state index in [1.807, 2.05) is 26.0 Å². The predicted octanol–water partition coefficient (Wildman–Crippen LogP) is 4.80. The highest BCUT2D eigenvalue weighted by Gasteiger charge is 2.20. The Hall–Kier alpha value is -3.19. The van der Waals surface area contributed by atoms with Gasteiger partial charge in [-0.2, -0.15) is 0 Å². The van der Waals surface area contributed by atoms with E-state index in [-0.39, 0.29) is 16.1 Å². The van der Waals surface area contributed by atoms with Crippen LogP contribution in [0.1, 0.15) is 27.0 Å². The van der Waals surface area contributed by atoms with Crippen molar-refractivity contribution >= 4 is 27.3 Å². The van der Waals surface area contributed by atoms with E-state index < -0.39 is 21.7 Å². The number of carbonyl (C=O) groups is 1. The Morgan fingerprint density at radius 2 is 1.66 bits per heavy atom. The summed E-state index contributed by atoms with van der Waals surface area (Å²) in [5.41, 5.74) is 3.24. The number of nitrogens with one attached hydrogen (secondary N) is 2. The van der Waals surface area contributed by atoms with Gasteiger partial charge >= 0.3 is 0 Å². The summed E-state index contributed by atoms with van der Waals surface area (Å²) in [4.78, 5) is 12.5. The van der Waals surface area contributed by atoms with Crippen molar-refractivity contribution in [2.75, 3.05) is 10.0 Å². The zero-order valence-electron chi connectivity index (χ0n) is 16.3. The van der Waals surface area contributed by atoms with Gasteiger partial charge in [-0.25, -0.2) is 12.8 Å². The highest BCUT2D eigenvalue weighted by Crippen LogP contribution is 2.24. The Morgan fingerprint density at radius 1 is 0.897 bits per heavy atom. The molecule has 7 heteroatoms. The second kappa shape index (κ2) is 8.05. The first-order chi connectivity index (χ1) is 13.7. The van der Waals surface area contributed by atoms with Crippen LogP contribution in [0.15, 0.2) is 65.6 Å². The second-order valence-corrected chi connectivity index (χ2v) is 8.52. The predicted molar refractivity (Wildman–Crippen MR) is 112 cm³/mol.